The maximum atomic E-state index is 11.3. The van der Waals surface area contributed by atoms with Crippen LogP contribution < -0.4 is 0 Å². The molecule has 1 unspecified atom stereocenters. The number of hydrogen-bond donors (Lipinski definition) is 0. The molecule has 1 saturated heterocycles. The Balaban J connectivity index is 2.01. The molecule has 0 aromatic heterocycles. The second-order valence-electron chi connectivity index (χ2n) is 5.32. The van der Waals surface area contributed by atoms with Crippen LogP contribution in [0.4, 0.5) is 0 Å². The van der Waals surface area contributed by atoms with Gasteiger partial charge in [0, 0.05) is 19.1 Å². The van der Waals surface area contributed by atoms with E-state index in [2.05, 4.69) is 24.0 Å². The molecule has 19 heavy (non-hydrogen) atoms. The van der Waals surface area contributed by atoms with Crippen molar-refractivity contribution < 1.29 is 12.6 Å². The molecule has 1 fully saturated rings. The molecule has 2 rings (SSSR count). The van der Waals surface area contributed by atoms with Gasteiger partial charge in [0.25, 0.3) is 10.1 Å². The van der Waals surface area contributed by atoms with Crippen LogP contribution in [0, 0.1) is 0 Å². The first-order valence-electron chi connectivity index (χ1n) is 6.55. The molecule has 5 heteroatoms. The molecule has 0 bridgehead atoms. The summed E-state index contributed by atoms with van der Waals surface area (Å²) in [5.74, 6) is 0. The minimum atomic E-state index is -3.40. The summed E-state index contributed by atoms with van der Waals surface area (Å²) in [5.41, 5.74) is 0.711. The topological polar surface area (TPSA) is 46.6 Å². The molecule has 0 aliphatic carbocycles. The summed E-state index contributed by atoms with van der Waals surface area (Å²) in [4.78, 5) is 2.24. The Hall–Kier alpha value is -0.910. The SMILES string of the molecule is CCC1(OS(C)(=O)=O)CN(C(C)c2ccccc2)C1. The molecule has 1 heterocycles. The molecular formula is C14H21NO3S. The van der Waals surface area contributed by atoms with E-state index in [-0.39, 0.29) is 6.04 Å². The molecule has 0 N–H and O–H groups in total. The lowest BCUT2D eigenvalue weighted by Gasteiger charge is -2.51. The van der Waals surface area contributed by atoms with Crippen LogP contribution in [0.5, 0.6) is 0 Å². The van der Waals surface area contributed by atoms with Gasteiger partial charge in [0.2, 0.25) is 0 Å². The number of rotatable bonds is 5. The minimum absolute atomic E-state index is 0.282. The predicted molar refractivity (Wildman–Crippen MR) is 75.4 cm³/mol. The van der Waals surface area contributed by atoms with Gasteiger partial charge in [-0.05, 0) is 18.9 Å². The number of benzene rings is 1. The zero-order chi connectivity index (χ0) is 14.1. The fraction of sp³-hybridized carbons (Fsp3) is 0.571. The lowest BCUT2D eigenvalue weighted by Crippen LogP contribution is -2.63. The summed E-state index contributed by atoms with van der Waals surface area (Å²) in [6.45, 7) is 5.42. The highest BCUT2D eigenvalue weighted by Crippen LogP contribution is 2.36. The van der Waals surface area contributed by atoms with Crippen molar-refractivity contribution in [2.45, 2.75) is 31.9 Å². The maximum Gasteiger partial charge on any atom is 0.265 e. The van der Waals surface area contributed by atoms with Crippen LogP contribution in [0.2, 0.25) is 0 Å². The molecular weight excluding hydrogens is 262 g/mol. The van der Waals surface area contributed by atoms with Gasteiger partial charge in [0.05, 0.1) is 6.26 Å². The van der Waals surface area contributed by atoms with E-state index in [0.717, 1.165) is 6.26 Å². The fourth-order valence-electron chi connectivity index (χ4n) is 2.57. The van der Waals surface area contributed by atoms with Crippen LogP contribution in [-0.4, -0.2) is 38.3 Å². The van der Waals surface area contributed by atoms with Gasteiger partial charge in [-0.3, -0.25) is 9.08 Å². The smallest absolute Gasteiger partial charge is 0.265 e. The Labute approximate surface area is 115 Å². The summed E-state index contributed by atoms with van der Waals surface area (Å²) in [6, 6.07) is 10.5. The summed E-state index contributed by atoms with van der Waals surface area (Å²) in [7, 11) is -3.40. The Morgan fingerprint density at radius 1 is 1.32 bits per heavy atom. The highest BCUT2D eigenvalue weighted by molar-refractivity contribution is 7.86. The second kappa shape index (κ2) is 5.23. The third kappa shape index (κ3) is 3.35. The van der Waals surface area contributed by atoms with E-state index in [1.165, 1.54) is 5.56 Å². The number of hydrogen-bond acceptors (Lipinski definition) is 4. The predicted octanol–water partition coefficient (Wildman–Crippen LogP) is 2.19. The van der Waals surface area contributed by atoms with Gasteiger partial charge in [-0.1, -0.05) is 37.3 Å². The monoisotopic (exact) mass is 283 g/mol. The largest absolute Gasteiger partial charge is 0.291 e. The molecule has 1 atom stereocenters. The van der Waals surface area contributed by atoms with E-state index in [4.69, 9.17) is 4.18 Å². The first-order valence-corrected chi connectivity index (χ1v) is 8.36. The van der Waals surface area contributed by atoms with Crippen molar-refractivity contribution in [3.8, 4) is 0 Å². The summed E-state index contributed by atoms with van der Waals surface area (Å²) < 4.78 is 27.9. The van der Waals surface area contributed by atoms with Gasteiger partial charge in [0.1, 0.15) is 5.60 Å². The molecule has 1 aromatic rings. The third-order valence-electron chi connectivity index (χ3n) is 3.78. The molecule has 1 aliphatic heterocycles. The Morgan fingerprint density at radius 3 is 2.37 bits per heavy atom. The van der Waals surface area contributed by atoms with Crippen LogP contribution in [0.15, 0.2) is 30.3 Å². The Morgan fingerprint density at radius 2 is 1.89 bits per heavy atom. The average Bonchev–Trinajstić information content (AvgIpc) is 2.32. The standard InChI is InChI=1S/C14H21NO3S/c1-4-14(18-19(3,16)17)10-15(11-14)12(2)13-8-6-5-7-9-13/h5-9,12H,4,10-11H2,1-3H3. The number of likely N-dealkylation sites (tertiary alicyclic amines) is 1. The van der Waals surface area contributed by atoms with Crippen molar-refractivity contribution >= 4 is 10.1 Å². The van der Waals surface area contributed by atoms with Crippen molar-refractivity contribution in [1.29, 1.82) is 0 Å². The van der Waals surface area contributed by atoms with E-state index in [1.54, 1.807) is 0 Å². The molecule has 1 aromatic carbocycles. The van der Waals surface area contributed by atoms with Crippen LogP contribution in [0.25, 0.3) is 0 Å². The summed E-state index contributed by atoms with van der Waals surface area (Å²) >= 11 is 0. The first kappa shape index (κ1) is 14.5. The first-order chi connectivity index (χ1) is 8.85. The van der Waals surface area contributed by atoms with Gasteiger partial charge < -0.3 is 0 Å². The maximum absolute atomic E-state index is 11.3. The Kier molecular flexibility index (Phi) is 3.99. The molecule has 0 saturated carbocycles. The zero-order valence-corrected chi connectivity index (χ0v) is 12.5. The highest BCUT2D eigenvalue weighted by Gasteiger charge is 2.46. The molecule has 0 spiro atoms. The van der Waals surface area contributed by atoms with E-state index in [9.17, 15) is 8.42 Å². The average molecular weight is 283 g/mol. The summed E-state index contributed by atoms with van der Waals surface area (Å²) in [6.07, 6.45) is 1.83. The van der Waals surface area contributed by atoms with Crippen LogP contribution in [0.3, 0.4) is 0 Å². The van der Waals surface area contributed by atoms with Crippen molar-refractivity contribution in [3.05, 3.63) is 35.9 Å². The van der Waals surface area contributed by atoms with Crippen molar-refractivity contribution in [2.24, 2.45) is 0 Å². The van der Waals surface area contributed by atoms with Crippen molar-refractivity contribution in [3.63, 3.8) is 0 Å². The highest BCUT2D eigenvalue weighted by atomic mass is 32.2. The second-order valence-corrected chi connectivity index (χ2v) is 6.89. The van der Waals surface area contributed by atoms with Gasteiger partial charge >= 0.3 is 0 Å². The lowest BCUT2D eigenvalue weighted by molar-refractivity contribution is -0.0923. The van der Waals surface area contributed by atoms with E-state index in [0.29, 0.717) is 19.5 Å². The molecule has 4 nitrogen and oxygen atoms in total. The summed E-state index contributed by atoms with van der Waals surface area (Å²) in [5, 5.41) is 0. The zero-order valence-electron chi connectivity index (χ0n) is 11.7. The number of nitrogens with zero attached hydrogens (tertiary/aromatic N) is 1. The van der Waals surface area contributed by atoms with Gasteiger partial charge in [-0.25, -0.2) is 0 Å². The van der Waals surface area contributed by atoms with Crippen LogP contribution in [-0.2, 0) is 14.3 Å². The van der Waals surface area contributed by atoms with Crippen LogP contribution >= 0.6 is 0 Å². The van der Waals surface area contributed by atoms with E-state index in [1.807, 2.05) is 25.1 Å². The van der Waals surface area contributed by atoms with Crippen molar-refractivity contribution in [2.75, 3.05) is 19.3 Å². The van der Waals surface area contributed by atoms with Gasteiger partial charge in [-0.2, -0.15) is 8.42 Å². The van der Waals surface area contributed by atoms with Gasteiger partial charge in [0.15, 0.2) is 0 Å². The van der Waals surface area contributed by atoms with Crippen LogP contribution in [0.1, 0.15) is 31.9 Å². The third-order valence-corrected chi connectivity index (χ3v) is 4.44. The fourth-order valence-corrected chi connectivity index (χ4v) is 3.43. The van der Waals surface area contributed by atoms with E-state index >= 15 is 0 Å². The normalized spacial score (nSPS) is 20.8. The Bertz CT molecular complexity index is 521. The van der Waals surface area contributed by atoms with E-state index < -0.39 is 15.7 Å². The minimum Gasteiger partial charge on any atom is -0.291 e. The molecule has 0 amide bonds. The molecule has 106 valence electrons. The molecule has 1 aliphatic rings. The molecule has 0 radical (unpaired) electrons. The lowest BCUT2D eigenvalue weighted by atomic mass is 9.88. The quantitative estimate of drug-likeness (QED) is 0.777. The van der Waals surface area contributed by atoms with Gasteiger partial charge in [-0.15, -0.1) is 0 Å². The van der Waals surface area contributed by atoms with Crippen molar-refractivity contribution in [1.82, 2.24) is 4.90 Å².